The zero-order valence-electron chi connectivity index (χ0n) is 18.5. The van der Waals surface area contributed by atoms with Gasteiger partial charge in [-0.1, -0.05) is 0 Å². The number of carboxylic acid groups (broad SMARTS) is 1. The van der Waals surface area contributed by atoms with E-state index in [-0.39, 0.29) is 36.4 Å². The summed E-state index contributed by atoms with van der Waals surface area (Å²) in [5.41, 5.74) is 10.6. The molecule has 0 aliphatic heterocycles. The Balaban J connectivity index is 0.00000432. The van der Waals surface area contributed by atoms with Crippen LogP contribution in [0.4, 0.5) is 5.95 Å². The highest BCUT2D eigenvalue weighted by atomic mass is 35.5. The number of hydrogen-bond acceptors (Lipinski definition) is 8. The van der Waals surface area contributed by atoms with Crippen LogP contribution in [0.3, 0.4) is 0 Å². The minimum atomic E-state index is -1.20. The van der Waals surface area contributed by atoms with E-state index < -0.39 is 23.5 Å². The van der Waals surface area contributed by atoms with Crippen molar-refractivity contribution >= 4 is 41.7 Å². The number of aliphatic carboxylic acids is 1. The number of carboxylic acids is 1. The molecular weight excluding hydrogens is 480 g/mol. The van der Waals surface area contributed by atoms with Gasteiger partial charge in [-0.2, -0.15) is 0 Å². The van der Waals surface area contributed by atoms with Crippen molar-refractivity contribution in [3.63, 3.8) is 0 Å². The van der Waals surface area contributed by atoms with E-state index >= 15 is 0 Å². The maximum absolute atomic E-state index is 12.6. The molecule has 0 radical (unpaired) electrons. The van der Waals surface area contributed by atoms with Crippen LogP contribution in [0, 0.1) is 0 Å². The highest BCUT2D eigenvalue weighted by Gasteiger charge is 2.20. The quantitative estimate of drug-likeness (QED) is 0.133. The average Bonchev–Trinajstić information content (AvgIpc) is 2.81. The number of aromatic nitrogens is 3. The number of nitrogens with one attached hydrogen (secondary N) is 2. The first kappa shape index (κ1) is 26.9. The van der Waals surface area contributed by atoms with Gasteiger partial charge in [-0.05, 0) is 24.3 Å². The van der Waals surface area contributed by atoms with E-state index in [0.717, 1.165) is 6.07 Å². The summed E-state index contributed by atoms with van der Waals surface area (Å²) in [6.07, 6.45) is 5.02. The second-order valence-electron chi connectivity index (χ2n) is 7.07. The summed E-state index contributed by atoms with van der Waals surface area (Å²) in [6, 6.07) is 6.40. The molecule has 0 saturated carbocycles. The van der Waals surface area contributed by atoms with Crippen molar-refractivity contribution in [2.24, 2.45) is 16.5 Å². The number of ether oxygens (including phenoxy) is 1. The van der Waals surface area contributed by atoms with E-state index in [9.17, 15) is 19.5 Å². The number of guanidine groups is 1. The van der Waals surface area contributed by atoms with E-state index in [1.54, 1.807) is 18.2 Å². The maximum atomic E-state index is 12.6. The molecule has 3 aromatic rings. The monoisotopic (exact) mass is 504 g/mol. The number of halogens is 1. The molecule has 3 rings (SSSR count). The van der Waals surface area contributed by atoms with Crippen molar-refractivity contribution in [3.05, 3.63) is 64.8 Å². The van der Waals surface area contributed by atoms with Crippen LogP contribution in [0.1, 0.15) is 16.8 Å². The van der Waals surface area contributed by atoms with E-state index in [1.807, 2.05) is 0 Å². The van der Waals surface area contributed by atoms with Crippen LogP contribution in [0.5, 0.6) is 5.75 Å². The number of hydrogen-bond donors (Lipinski definition) is 5. The molecule has 3 aromatic heterocycles. The number of anilines is 1. The minimum absolute atomic E-state index is 0. The van der Waals surface area contributed by atoms with Gasteiger partial charge in [0.15, 0.2) is 5.96 Å². The van der Waals surface area contributed by atoms with Crippen LogP contribution in [-0.4, -0.2) is 63.0 Å². The highest BCUT2D eigenvalue weighted by Crippen LogP contribution is 2.13. The summed E-state index contributed by atoms with van der Waals surface area (Å²) >= 11 is 0. The predicted octanol–water partition coefficient (Wildman–Crippen LogP) is -0.151. The number of carbonyl (C=O) groups is 2. The molecule has 7 N–H and O–H groups in total. The van der Waals surface area contributed by atoms with Crippen molar-refractivity contribution in [1.29, 1.82) is 0 Å². The van der Waals surface area contributed by atoms with Crippen LogP contribution in [0.2, 0.25) is 0 Å². The third-order valence-electron chi connectivity index (χ3n) is 4.53. The third-order valence-corrected chi connectivity index (χ3v) is 4.53. The lowest BCUT2D eigenvalue weighted by molar-refractivity contribution is -0.137. The van der Waals surface area contributed by atoms with Gasteiger partial charge in [0.05, 0.1) is 12.8 Å². The summed E-state index contributed by atoms with van der Waals surface area (Å²) in [6.45, 7) is 0.522. The second-order valence-corrected chi connectivity index (χ2v) is 7.07. The van der Waals surface area contributed by atoms with Crippen molar-refractivity contribution in [2.45, 2.75) is 12.5 Å². The Kier molecular flexibility index (Phi) is 9.78. The lowest BCUT2D eigenvalue weighted by Crippen LogP contribution is -2.42. The lowest BCUT2D eigenvalue weighted by atomic mass is 10.2. The molecule has 0 aromatic carbocycles. The van der Waals surface area contributed by atoms with E-state index in [1.165, 1.54) is 29.1 Å². The number of nitrogens with two attached hydrogens (primary N) is 2. The number of nitrogens with zero attached hydrogens (tertiary/aromatic N) is 4. The Morgan fingerprint density at radius 2 is 1.94 bits per heavy atom. The molecule has 1 atom stereocenters. The van der Waals surface area contributed by atoms with Gasteiger partial charge in [-0.15, -0.1) is 12.4 Å². The first-order valence-electron chi connectivity index (χ1n) is 10.2. The van der Waals surface area contributed by atoms with Crippen molar-refractivity contribution in [3.8, 4) is 5.75 Å². The Morgan fingerprint density at radius 1 is 1.20 bits per heavy atom. The van der Waals surface area contributed by atoms with Gasteiger partial charge in [-0.3, -0.25) is 19.0 Å². The predicted molar refractivity (Wildman–Crippen MR) is 131 cm³/mol. The Hall–Kier alpha value is -4.39. The van der Waals surface area contributed by atoms with Crippen LogP contribution < -0.4 is 32.4 Å². The summed E-state index contributed by atoms with van der Waals surface area (Å²) in [7, 11) is 0. The van der Waals surface area contributed by atoms with Gasteiger partial charge in [0.25, 0.3) is 11.5 Å². The van der Waals surface area contributed by atoms with Crippen molar-refractivity contribution < 1.29 is 19.4 Å². The normalized spacial score (nSPS) is 11.1. The largest absolute Gasteiger partial charge is 0.492 e. The first-order chi connectivity index (χ1) is 16.3. The fourth-order valence-electron chi connectivity index (χ4n) is 2.91. The zero-order chi connectivity index (χ0) is 24.5. The Bertz CT molecular complexity index is 1250. The topological polar surface area (TPSA) is 199 Å². The van der Waals surface area contributed by atoms with Crippen molar-refractivity contribution in [2.75, 3.05) is 25.0 Å². The molecule has 1 unspecified atom stereocenters. The molecule has 13 nitrogen and oxygen atoms in total. The Morgan fingerprint density at radius 3 is 2.63 bits per heavy atom. The van der Waals surface area contributed by atoms with Crippen LogP contribution >= 0.6 is 12.4 Å². The number of fused-ring (bicyclic) bond motifs is 1. The van der Waals surface area contributed by atoms with E-state index in [0.29, 0.717) is 30.8 Å². The molecule has 186 valence electrons. The molecule has 0 bridgehead atoms. The molecule has 0 fully saturated rings. The number of rotatable bonds is 11. The summed E-state index contributed by atoms with van der Waals surface area (Å²) < 4.78 is 6.95. The molecular formula is C21H25ClN8O5. The van der Waals surface area contributed by atoms with E-state index in [4.69, 9.17) is 16.2 Å². The van der Waals surface area contributed by atoms with Gasteiger partial charge in [0.1, 0.15) is 11.8 Å². The maximum Gasteiger partial charge on any atom is 0.328 e. The van der Waals surface area contributed by atoms with Gasteiger partial charge < -0.3 is 31.9 Å². The van der Waals surface area contributed by atoms with E-state index in [2.05, 4.69) is 25.6 Å². The van der Waals surface area contributed by atoms with Gasteiger partial charge >= 0.3 is 5.97 Å². The third kappa shape index (κ3) is 7.85. The number of pyridine rings is 2. The Labute approximate surface area is 205 Å². The fraction of sp³-hybridized carbons (Fsp3) is 0.238. The van der Waals surface area contributed by atoms with Crippen LogP contribution in [0.25, 0.3) is 5.52 Å². The molecule has 0 aliphatic carbocycles. The fourth-order valence-corrected chi connectivity index (χ4v) is 2.91. The smallest absolute Gasteiger partial charge is 0.328 e. The SMILES string of the molecule is Cl.NC(N)=NCCCOc1ccc2cc(C(=O)NCC(Nc3ncccn3)C(=O)O)cc(=O)n2c1. The number of aliphatic imine (C=N–C) groups is 1. The molecule has 0 saturated heterocycles. The van der Waals surface area contributed by atoms with Crippen LogP contribution in [0.15, 0.2) is 58.7 Å². The van der Waals surface area contributed by atoms with Crippen LogP contribution in [-0.2, 0) is 4.79 Å². The summed E-state index contributed by atoms with van der Waals surface area (Å²) in [5, 5.41) is 14.5. The molecule has 14 heteroatoms. The first-order valence-corrected chi connectivity index (χ1v) is 10.2. The second kappa shape index (κ2) is 12.7. The molecule has 3 heterocycles. The molecule has 35 heavy (non-hydrogen) atoms. The van der Waals surface area contributed by atoms with Gasteiger partial charge in [0.2, 0.25) is 5.95 Å². The zero-order valence-corrected chi connectivity index (χ0v) is 19.3. The lowest BCUT2D eigenvalue weighted by Gasteiger charge is -2.15. The average molecular weight is 505 g/mol. The van der Waals surface area contributed by atoms with Crippen molar-refractivity contribution in [1.82, 2.24) is 19.7 Å². The molecule has 0 spiro atoms. The molecule has 0 aliphatic rings. The number of amides is 1. The highest BCUT2D eigenvalue weighted by molar-refractivity contribution is 5.95. The number of carbonyl (C=O) groups excluding carboxylic acids is 1. The van der Waals surface area contributed by atoms with Gasteiger partial charge in [-0.25, -0.2) is 14.8 Å². The molecule has 1 amide bonds. The van der Waals surface area contributed by atoms with Gasteiger partial charge in [0, 0.05) is 49.1 Å². The standard InChI is InChI=1S/C21H24N8O5.ClH/c22-20(23)24-7-2-8-34-15-4-3-14-9-13(10-17(30)29(14)12-15)18(31)27-11-16(19(32)33)28-21-25-5-1-6-26-21;/h1,3-6,9-10,12,16H,2,7-8,11H2,(H,27,31)(H,32,33)(H4,22,23,24)(H,25,26,28);1H. The summed E-state index contributed by atoms with van der Waals surface area (Å²) in [5.74, 6) is -1.20. The summed E-state index contributed by atoms with van der Waals surface area (Å²) in [4.78, 5) is 48.3. The minimum Gasteiger partial charge on any atom is -0.492 e.